The molecule has 0 fully saturated rings. The van der Waals surface area contributed by atoms with E-state index in [4.69, 9.17) is 0 Å². The van der Waals surface area contributed by atoms with Crippen LogP contribution in [0.1, 0.15) is 15.9 Å². The second-order valence-corrected chi connectivity index (χ2v) is 6.41. The first-order valence-corrected chi connectivity index (χ1v) is 8.23. The second kappa shape index (κ2) is 7.16. The molecule has 1 amide bonds. The fourth-order valence-electron chi connectivity index (χ4n) is 2.14. The number of anilines is 1. The molecule has 1 N–H and O–H groups in total. The standard InChI is InChI=1S/C20H17NOS/c1-15-7-11-18(12-8-15)23-19-13-9-17(10-14-19)21-20(22)16-5-3-2-4-6-16/h2-14H,1H3,(H,21,22). The lowest BCUT2D eigenvalue weighted by Gasteiger charge is -2.07. The molecule has 0 saturated heterocycles. The van der Waals surface area contributed by atoms with Crippen molar-refractivity contribution in [2.45, 2.75) is 16.7 Å². The van der Waals surface area contributed by atoms with E-state index in [0.29, 0.717) is 5.56 Å². The van der Waals surface area contributed by atoms with Crippen LogP contribution in [0.3, 0.4) is 0 Å². The molecule has 114 valence electrons. The number of nitrogens with one attached hydrogen (secondary N) is 1. The lowest BCUT2D eigenvalue weighted by atomic mass is 10.2. The molecular formula is C20H17NOS. The van der Waals surface area contributed by atoms with E-state index in [9.17, 15) is 4.79 Å². The van der Waals surface area contributed by atoms with Crippen molar-refractivity contribution in [1.29, 1.82) is 0 Å². The van der Waals surface area contributed by atoms with Gasteiger partial charge in [0.25, 0.3) is 5.91 Å². The van der Waals surface area contributed by atoms with E-state index in [1.165, 1.54) is 10.5 Å². The molecule has 0 aliphatic carbocycles. The minimum atomic E-state index is -0.0930. The van der Waals surface area contributed by atoms with Crippen molar-refractivity contribution in [2.24, 2.45) is 0 Å². The van der Waals surface area contributed by atoms with Crippen molar-refractivity contribution in [3.05, 3.63) is 90.0 Å². The van der Waals surface area contributed by atoms with Crippen LogP contribution in [-0.2, 0) is 0 Å². The number of benzene rings is 3. The Morgan fingerprint density at radius 1 is 0.783 bits per heavy atom. The Morgan fingerprint density at radius 3 is 1.96 bits per heavy atom. The Bertz CT molecular complexity index is 780. The Kier molecular flexibility index (Phi) is 4.79. The summed E-state index contributed by atoms with van der Waals surface area (Å²) in [4.78, 5) is 14.5. The normalized spacial score (nSPS) is 10.3. The maximum absolute atomic E-state index is 12.1. The summed E-state index contributed by atoms with van der Waals surface area (Å²) in [7, 11) is 0. The van der Waals surface area contributed by atoms with Crippen molar-refractivity contribution in [3.63, 3.8) is 0 Å². The summed E-state index contributed by atoms with van der Waals surface area (Å²) in [5, 5.41) is 2.91. The first kappa shape index (κ1) is 15.4. The van der Waals surface area contributed by atoms with E-state index >= 15 is 0 Å². The zero-order chi connectivity index (χ0) is 16.1. The number of carbonyl (C=O) groups excluding carboxylic acids is 1. The van der Waals surface area contributed by atoms with Crippen LogP contribution in [0.5, 0.6) is 0 Å². The molecule has 0 aromatic heterocycles. The number of amides is 1. The van der Waals surface area contributed by atoms with Crippen LogP contribution in [-0.4, -0.2) is 5.91 Å². The third-order valence-electron chi connectivity index (χ3n) is 3.40. The number of hydrogen-bond donors (Lipinski definition) is 1. The molecule has 0 radical (unpaired) electrons. The van der Waals surface area contributed by atoms with E-state index in [1.54, 1.807) is 23.9 Å². The van der Waals surface area contributed by atoms with E-state index in [-0.39, 0.29) is 5.91 Å². The molecule has 0 spiro atoms. The first-order chi connectivity index (χ1) is 11.2. The molecule has 0 aliphatic rings. The van der Waals surface area contributed by atoms with Gasteiger partial charge in [-0.25, -0.2) is 0 Å². The summed E-state index contributed by atoms with van der Waals surface area (Å²) < 4.78 is 0. The summed E-state index contributed by atoms with van der Waals surface area (Å²) in [6, 6.07) is 25.6. The molecule has 0 saturated carbocycles. The molecule has 3 heteroatoms. The zero-order valence-corrected chi connectivity index (χ0v) is 13.6. The summed E-state index contributed by atoms with van der Waals surface area (Å²) in [5.74, 6) is -0.0930. The Hall–Kier alpha value is -2.52. The highest BCUT2D eigenvalue weighted by Crippen LogP contribution is 2.28. The van der Waals surface area contributed by atoms with Crippen LogP contribution in [0.25, 0.3) is 0 Å². The summed E-state index contributed by atoms with van der Waals surface area (Å²) in [6.45, 7) is 2.08. The number of hydrogen-bond acceptors (Lipinski definition) is 2. The van der Waals surface area contributed by atoms with Crippen molar-refractivity contribution in [1.82, 2.24) is 0 Å². The summed E-state index contributed by atoms with van der Waals surface area (Å²) >= 11 is 1.71. The van der Waals surface area contributed by atoms with Crippen LogP contribution in [0.2, 0.25) is 0 Å². The number of carbonyl (C=O) groups is 1. The van der Waals surface area contributed by atoms with Crippen molar-refractivity contribution < 1.29 is 4.79 Å². The zero-order valence-electron chi connectivity index (χ0n) is 12.8. The lowest BCUT2D eigenvalue weighted by molar-refractivity contribution is 0.102. The number of aryl methyl sites for hydroxylation is 1. The van der Waals surface area contributed by atoms with Gasteiger partial charge in [-0.15, -0.1) is 0 Å². The average molecular weight is 319 g/mol. The molecule has 0 aliphatic heterocycles. The lowest BCUT2D eigenvalue weighted by Crippen LogP contribution is -2.11. The van der Waals surface area contributed by atoms with Gasteiger partial charge in [0.2, 0.25) is 0 Å². The fraction of sp³-hybridized carbons (Fsp3) is 0.0500. The average Bonchev–Trinajstić information content (AvgIpc) is 2.59. The minimum absolute atomic E-state index is 0.0930. The van der Waals surface area contributed by atoms with Crippen molar-refractivity contribution >= 4 is 23.4 Å². The highest BCUT2D eigenvalue weighted by atomic mass is 32.2. The maximum Gasteiger partial charge on any atom is 0.255 e. The van der Waals surface area contributed by atoms with Gasteiger partial charge in [-0.05, 0) is 55.5 Å². The third kappa shape index (κ3) is 4.24. The maximum atomic E-state index is 12.1. The Labute approximate surface area is 140 Å². The Morgan fingerprint density at radius 2 is 1.35 bits per heavy atom. The molecule has 3 rings (SSSR count). The van der Waals surface area contributed by atoms with Crippen LogP contribution in [0, 0.1) is 6.92 Å². The van der Waals surface area contributed by atoms with Gasteiger partial charge in [0.05, 0.1) is 0 Å². The first-order valence-electron chi connectivity index (χ1n) is 7.42. The van der Waals surface area contributed by atoms with Gasteiger partial charge in [0.1, 0.15) is 0 Å². The van der Waals surface area contributed by atoms with Gasteiger partial charge in [0.15, 0.2) is 0 Å². The van der Waals surface area contributed by atoms with Crippen molar-refractivity contribution in [3.8, 4) is 0 Å². The second-order valence-electron chi connectivity index (χ2n) is 5.26. The van der Waals surface area contributed by atoms with Crippen molar-refractivity contribution in [2.75, 3.05) is 5.32 Å². The quantitative estimate of drug-likeness (QED) is 0.697. The monoisotopic (exact) mass is 319 g/mol. The third-order valence-corrected chi connectivity index (χ3v) is 4.42. The van der Waals surface area contributed by atoms with Gasteiger partial charge < -0.3 is 5.32 Å². The molecule has 0 atom stereocenters. The molecule has 3 aromatic carbocycles. The smallest absolute Gasteiger partial charge is 0.255 e. The molecule has 3 aromatic rings. The molecular weight excluding hydrogens is 302 g/mol. The van der Waals surface area contributed by atoms with Gasteiger partial charge in [-0.2, -0.15) is 0 Å². The minimum Gasteiger partial charge on any atom is -0.322 e. The predicted octanol–water partition coefficient (Wildman–Crippen LogP) is 5.40. The molecule has 23 heavy (non-hydrogen) atoms. The number of rotatable bonds is 4. The Balaban J connectivity index is 1.65. The largest absolute Gasteiger partial charge is 0.322 e. The van der Waals surface area contributed by atoms with Gasteiger partial charge >= 0.3 is 0 Å². The molecule has 0 unspecified atom stereocenters. The van der Waals surface area contributed by atoms with Gasteiger partial charge in [-0.1, -0.05) is 47.7 Å². The van der Waals surface area contributed by atoms with Crippen LogP contribution < -0.4 is 5.32 Å². The summed E-state index contributed by atoms with van der Waals surface area (Å²) in [5.41, 5.74) is 2.71. The highest BCUT2D eigenvalue weighted by Gasteiger charge is 2.05. The van der Waals surface area contributed by atoms with Crippen LogP contribution >= 0.6 is 11.8 Å². The molecule has 2 nitrogen and oxygen atoms in total. The van der Waals surface area contributed by atoms with Gasteiger partial charge in [0, 0.05) is 21.0 Å². The predicted molar refractivity (Wildman–Crippen MR) is 96.1 cm³/mol. The van der Waals surface area contributed by atoms with Crippen LogP contribution in [0.4, 0.5) is 5.69 Å². The molecule has 0 heterocycles. The van der Waals surface area contributed by atoms with E-state index in [1.807, 2.05) is 42.5 Å². The highest BCUT2D eigenvalue weighted by molar-refractivity contribution is 7.99. The van der Waals surface area contributed by atoms with Crippen LogP contribution in [0.15, 0.2) is 88.7 Å². The SMILES string of the molecule is Cc1ccc(Sc2ccc(NC(=O)c3ccccc3)cc2)cc1. The van der Waals surface area contributed by atoms with E-state index < -0.39 is 0 Å². The topological polar surface area (TPSA) is 29.1 Å². The van der Waals surface area contributed by atoms with E-state index in [0.717, 1.165) is 10.6 Å². The molecule has 0 bridgehead atoms. The fourth-order valence-corrected chi connectivity index (χ4v) is 2.96. The van der Waals surface area contributed by atoms with E-state index in [2.05, 4.69) is 36.5 Å². The summed E-state index contributed by atoms with van der Waals surface area (Å²) in [6.07, 6.45) is 0. The van der Waals surface area contributed by atoms with Gasteiger partial charge in [-0.3, -0.25) is 4.79 Å².